The van der Waals surface area contributed by atoms with Gasteiger partial charge in [-0.15, -0.1) is 0 Å². The second-order valence-corrected chi connectivity index (χ2v) is 8.05. The van der Waals surface area contributed by atoms with Crippen LogP contribution in [-0.4, -0.2) is 53.2 Å². The van der Waals surface area contributed by atoms with Crippen LogP contribution < -0.4 is 10.1 Å². The molecule has 0 amide bonds. The summed E-state index contributed by atoms with van der Waals surface area (Å²) in [5, 5.41) is 3.37. The number of ether oxygens (including phenoxy) is 1. The first kappa shape index (κ1) is 17.4. The molecule has 1 fully saturated rings. The smallest absolute Gasteiger partial charge is 0.120 e. The van der Waals surface area contributed by atoms with Crippen molar-refractivity contribution in [3.8, 4) is 5.75 Å². The van der Waals surface area contributed by atoms with Crippen LogP contribution >= 0.6 is 0 Å². The van der Waals surface area contributed by atoms with E-state index in [9.17, 15) is 4.21 Å². The molecule has 1 aromatic rings. The number of hydrogen-bond donors (Lipinski definition) is 1. The Labute approximate surface area is 136 Å². The van der Waals surface area contributed by atoms with Gasteiger partial charge in [0.2, 0.25) is 0 Å². The van der Waals surface area contributed by atoms with E-state index in [1.807, 2.05) is 31.2 Å². The van der Waals surface area contributed by atoms with Gasteiger partial charge in [0.25, 0.3) is 0 Å². The van der Waals surface area contributed by atoms with Crippen LogP contribution in [0.4, 0.5) is 0 Å². The lowest BCUT2D eigenvalue weighted by atomic mass is 10.0. The minimum atomic E-state index is -0.897. The first-order valence-electron chi connectivity index (χ1n) is 8.11. The van der Waals surface area contributed by atoms with Crippen molar-refractivity contribution >= 4 is 10.8 Å². The fourth-order valence-corrected chi connectivity index (χ4v) is 3.33. The molecule has 0 aromatic heterocycles. The van der Waals surface area contributed by atoms with Crippen LogP contribution in [0.25, 0.3) is 0 Å². The third-order valence-corrected chi connectivity index (χ3v) is 5.30. The Morgan fingerprint density at radius 2 is 1.86 bits per heavy atom. The van der Waals surface area contributed by atoms with E-state index in [2.05, 4.69) is 24.1 Å². The van der Waals surface area contributed by atoms with Crippen molar-refractivity contribution in [3.05, 3.63) is 24.3 Å². The minimum Gasteiger partial charge on any atom is -0.488 e. The summed E-state index contributed by atoms with van der Waals surface area (Å²) >= 11 is 0. The summed E-state index contributed by atoms with van der Waals surface area (Å²) in [5.41, 5.74) is -0.198. The molecule has 1 aliphatic rings. The maximum absolute atomic E-state index is 11.7. The van der Waals surface area contributed by atoms with Crippen LogP contribution in [-0.2, 0) is 10.8 Å². The quantitative estimate of drug-likeness (QED) is 0.835. The van der Waals surface area contributed by atoms with Crippen LogP contribution in [0.5, 0.6) is 5.75 Å². The van der Waals surface area contributed by atoms with Gasteiger partial charge >= 0.3 is 0 Å². The van der Waals surface area contributed by atoms with Gasteiger partial charge in [-0.25, -0.2) is 0 Å². The minimum absolute atomic E-state index is 0.198. The molecule has 1 saturated heterocycles. The SMILES string of the molecule is CCS(=O)c1ccc(OC(C)(C)CCN2CCNCC2)cc1. The Balaban J connectivity index is 1.86. The van der Waals surface area contributed by atoms with Crippen molar-refractivity contribution in [3.63, 3.8) is 0 Å². The summed E-state index contributed by atoms with van der Waals surface area (Å²) in [6.07, 6.45) is 0.996. The van der Waals surface area contributed by atoms with E-state index >= 15 is 0 Å². The summed E-state index contributed by atoms with van der Waals surface area (Å²) in [4.78, 5) is 3.35. The molecule has 5 heteroatoms. The van der Waals surface area contributed by atoms with Crippen molar-refractivity contribution in [1.82, 2.24) is 10.2 Å². The number of nitrogens with one attached hydrogen (secondary N) is 1. The molecule has 1 unspecified atom stereocenters. The second-order valence-electron chi connectivity index (χ2n) is 6.31. The monoisotopic (exact) mass is 324 g/mol. The number of rotatable bonds is 7. The lowest BCUT2D eigenvalue weighted by Gasteiger charge is -2.32. The zero-order valence-corrected chi connectivity index (χ0v) is 14.7. The first-order valence-corrected chi connectivity index (χ1v) is 9.42. The molecule has 1 atom stereocenters. The first-order chi connectivity index (χ1) is 10.5. The summed E-state index contributed by atoms with van der Waals surface area (Å²) in [6.45, 7) is 11.7. The molecule has 22 heavy (non-hydrogen) atoms. The molecule has 0 bridgehead atoms. The zero-order chi connectivity index (χ0) is 16.0. The molecule has 0 aliphatic carbocycles. The predicted molar refractivity (Wildman–Crippen MR) is 92.0 cm³/mol. The van der Waals surface area contributed by atoms with Gasteiger partial charge in [0.05, 0.1) is 10.8 Å². The van der Waals surface area contributed by atoms with Gasteiger partial charge in [0, 0.05) is 43.4 Å². The number of piperazine rings is 1. The maximum atomic E-state index is 11.7. The molecule has 1 heterocycles. The Morgan fingerprint density at radius 3 is 2.45 bits per heavy atom. The average molecular weight is 324 g/mol. The molecule has 0 radical (unpaired) electrons. The molecule has 124 valence electrons. The topological polar surface area (TPSA) is 41.6 Å². The highest BCUT2D eigenvalue weighted by Crippen LogP contribution is 2.23. The lowest BCUT2D eigenvalue weighted by Crippen LogP contribution is -2.45. The van der Waals surface area contributed by atoms with Gasteiger partial charge in [0.15, 0.2) is 0 Å². The fraction of sp³-hybridized carbons (Fsp3) is 0.647. The van der Waals surface area contributed by atoms with Crippen LogP contribution in [0.3, 0.4) is 0 Å². The van der Waals surface area contributed by atoms with Gasteiger partial charge in [-0.2, -0.15) is 0 Å². The molecule has 0 spiro atoms. The van der Waals surface area contributed by atoms with Gasteiger partial charge in [-0.1, -0.05) is 6.92 Å². The van der Waals surface area contributed by atoms with Gasteiger partial charge < -0.3 is 15.0 Å². The largest absolute Gasteiger partial charge is 0.488 e. The normalized spacial score (nSPS) is 18.1. The van der Waals surface area contributed by atoms with Crippen LogP contribution in [0.2, 0.25) is 0 Å². The Kier molecular flexibility index (Phi) is 6.41. The standard InChI is InChI=1S/C17H28N2O2S/c1-4-22(20)16-7-5-15(6-8-16)21-17(2,3)9-12-19-13-10-18-11-14-19/h5-8,18H,4,9-14H2,1-3H3. The molecule has 1 aliphatic heterocycles. The third kappa shape index (κ3) is 5.38. The Morgan fingerprint density at radius 1 is 1.23 bits per heavy atom. The molecule has 1 N–H and O–H groups in total. The molecule has 0 saturated carbocycles. The van der Waals surface area contributed by atoms with Crippen LogP contribution in [0.15, 0.2) is 29.2 Å². The van der Waals surface area contributed by atoms with E-state index in [1.165, 1.54) is 0 Å². The van der Waals surface area contributed by atoms with Crippen molar-refractivity contribution in [2.75, 3.05) is 38.5 Å². The van der Waals surface area contributed by atoms with E-state index in [0.717, 1.165) is 49.8 Å². The maximum Gasteiger partial charge on any atom is 0.120 e. The van der Waals surface area contributed by atoms with E-state index in [-0.39, 0.29) is 5.60 Å². The highest BCUT2D eigenvalue weighted by atomic mass is 32.2. The van der Waals surface area contributed by atoms with Crippen molar-refractivity contribution in [1.29, 1.82) is 0 Å². The third-order valence-electron chi connectivity index (χ3n) is 3.98. The Hall–Kier alpha value is -0.910. The average Bonchev–Trinajstić information content (AvgIpc) is 2.54. The lowest BCUT2D eigenvalue weighted by molar-refractivity contribution is 0.0808. The van der Waals surface area contributed by atoms with Crippen LogP contribution in [0.1, 0.15) is 27.2 Å². The highest BCUT2D eigenvalue weighted by molar-refractivity contribution is 7.85. The van der Waals surface area contributed by atoms with E-state index in [4.69, 9.17) is 4.74 Å². The summed E-state index contributed by atoms with van der Waals surface area (Å²) in [6, 6.07) is 7.66. The van der Waals surface area contributed by atoms with Gasteiger partial charge in [-0.3, -0.25) is 4.21 Å². The van der Waals surface area contributed by atoms with Crippen LogP contribution in [0, 0.1) is 0 Å². The Bertz CT molecular complexity index is 482. The number of nitrogens with zero attached hydrogens (tertiary/aromatic N) is 1. The molecular weight excluding hydrogens is 296 g/mol. The van der Waals surface area contributed by atoms with Gasteiger partial charge in [0.1, 0.15) is 11.4 Å². The second kappa shape index (κ2) is 8.09. The van der Waals surface area contributed by atoms with E-state index < -0.39 is 10.8 Å². The zero-order valence-electron chi connectivity index (χ0n) is 13.9. The van der Waals surface area contributed by atoms with E-state index in [1.54, 1.807) is 0 Å². The fourth-order valence-electron chi connectivity index (χ4n) is 2.56. The summed E-state index contributed by atoms with van der Waals surface area (Å²) < 4.78 is 17.9. The highest BCUT2D eigenvalue weighted by Gasteiger charge is 2.22. The number of hydrogen-bond acceptors (Lipinski definition) is 4. The number of benzene rings is 1. The van der Waals surface area contributed by atoms with E-state index in [0.29, 0.717) is 5.75 Å². The summed E-state index contributed by atoms with van der Waals surface area (Å²) in [5.74, 6) is 1.50. The molecule has 2 rings (SSSR count). The van der Waals surface area contributed by atoms with Crippen molar-refractivity contribution in [2.24, 2.45) is 0 Å². The molecular formula is C17H28N2O2S. The van der Waals surface area contributed by atoms with Crippen molar-refractivity contribution in [2.45, 2.75) is 37.7 Å². The predicted octanol–water partition coefficient (Wildman–Crippen LogP) is 2.27. The molecule has 1 aromatic carbocycles. The van der Waals surface area contributed by atoms with Crippen molar-refractivity contribution < 1.29 is 8.95 Å². The van der Waals surface area contributed by atoms with Gasteiger partial charge in [-0.05, 0) is 44.5 Å². The molecule has 4 nitrogen and oxygen atoms in total. The summed E-state index contributed by atoms with van der Waals surface area (Å²) in [7, 11) is -0.897.